The zero-order chi connectivity index (χ0) is 47.2. The average molecular weight is 905 g/mol. The third kappa shape index (κ3) is 51.4. The van der Waals surface area contributed by atoms with E-state index in [2.05, 4.69) is 93.7 Å². The van der Waals surface area contributed by atoms with E-state index in [1.807, 2.05) is 12.2 Å². The molecule has 6 heteroatoms. The largest absolute Gasteiger partial charge is 0.462 e. The van der Waals surface area contributed by atoms with Gasteiger partial charge in [-0.2, -0.15) is 0 Å². The second-order valence-corrected chi connectivity index (χ2v) is 17.7. The maximum absolute atomic E-state index is 12.8. The first-order valence-corrected chi connectivity index (χ1v) is 27.1. The van der Waals surface area contributed by atoms with Crippen LogP contribution in [-0.4, -0.2) is 37.2 Å². The predicted molar refractivity (Wildman–Crippen MR) is 279 cm³/mol. The van der Waals surface area contributed by atoms with Gasteiger partial charge >= 0.3 is 17.9 Å². The van der Waals surface area contributed by atoms with Gasteiger partial charge in [-0.25, -0.2) is 0 Å². The number of carbonyl (C=O) groups excluding carboxylic acids is 3. The van der Waals surface area contributed by atoms with Crippen molar-refractivity contribution in [2.24, 2.45) is 0 Å². The maximum Gasteiger partial charge on any atom is 0.306 e. The van der Waals surface area contributed by atoms with Crippen molar-refractivity contribution in [2.75, 3.05) is 13.2 Å². The fourth-order valence-electron chi connectivity index (χ4n) is 7.30. The van der Waals surface area contributed by atoms with Crippen molar-refractivity contribution >= 4 is 17.9 Å². The van der Waals surface area contributed by atoms with Gasteiger partial charge in [0.15, 0.2) is 6.10 Å². The minimum absolute atomic E-state index is 0.105. The molecule has 0 aromatic rings. The van der Waals surface area contributed by atoms with Gasteiger partial charge in [-0.1, -0.05) is 215 Å². The van der Waals surface area contributed by atoms with Crippen molar-refractivity contribution in [1.29, 1.82) is 0 Å². The van der Waals surface area contributed by atoms with Crippen molar-refractivity contribution in [3.05, 3.63) is 85.1 Å². The molecule has 65 heavy (non-hydrogen) atoms. The topological polar surface area (TPSA) is 78.9 Å². The fraction of sp³-hybridized carbons (Fsp3) is 0.712. The number of carbonyl (C=O) groups is 3. The Bertz CT molecular complexity index is 1270. The van der Waals surface area contributed by atoms with Crippen LogP contribution in [0.5, 0.6) is 0 Å². The lowest BCUT2D eigenvalue weighted by Gasteiger charge is -2.18. The van der Waals surface area contributed by atoms with Crippen LogP contribution < -0.4 is 0 Å². The molecule has 0 aromatic carbocycles. The van der Waals surface area contributed by atoms with E-state index in [1.165, 1.54) is 116 Å². The van der Waals surface area contributed by atoms with Crippen molar-refractivity contribution in [1.82, 2.24) is 0 Å². The highest BCUT2D eigenvalue weighted by atomic mass is 16.6. The van der Waals surface area contributed by atoms with E-state index in [0.29, 0.717) is 19.3 Å². The summed E-state index contributed by atoms with van der Waals surface area (Å²) in [5.74, 6) is -1.01. The highest BCUT2D eigenvalue weighted by Gasteiger charge is 2.19. The van der Waals surface area contributed by atoms with E-state index in [0.717, 1.165) is 89.9 Å². The summed E-state index contributed by atoms with van der Waals surface area (Å²) < 4.78 is 16.7. The normalized spacial score (nSPS) is 12.7. The summed E-state index contributed by atoms with van der Waals surface area (Å²) in [6, 6.07) is 0. The van der Waals surface area contributed by atoms with Gasteiger partial charge in [0.25, 0.3) is 0 Å². The minimum Gasteiger partial charge on any atom is -0.462 e. The van der Waals surface area contributed by atoms with E-state index < -0.39 is 6.10 Å². The Morgan fingerprint density at radius 2 is 0.631 bits per heavy atom. The fourth-order valence-corrected chi connectivity index (χ4v) is 7.30. The quantitative estimate of drug-likeness (QED) is 0.0262. The molecule has 1 atom stereocenters. The van der Waals surface area contributed by atoms with Gasteiger partial charge in [0, 0.05) is 19.3 Å². The molecule has 1 unspecified atom stereocenters. The second kappa shape index (κ2) is 53.2. The molecule has 0 aliphatic rings. The zero-order valence-corrected chi connectivity index (χ0v) is 42.5. The lowest BCUT2D eigenvalue weighted by molar-refractivity contribution is -0.166. The number of rotatable bonds is 48. The van der Waals surface area contributed by atoms with Crippen LogP contribution in [0.3, 0.4) is 0 Å². The molecule has 0 radical (unpaired) electrons. The minimum atomic E-state index is -0.813. The number of ether oxygens (including phenoxy) is 3. The maximum atomic E-state index is 12.8. The summed E-state index contributed by atoms with van der Waals surface area (Å²) in [4.78, 5) is 38.0. The predicted octanol–water partition coefficient (Wildman–Crippen LogP) is 18.0. The lowest BCUT2D eigenvalue weighted by Crippen LogP contribution is -2.30. The van der Waals surface area contributed by atoms with Crippen molar-refractivity contribution < 1.29 is 28.6 Å². The summed E-state index contributed by atoms with van der Waals surface area (Å²) in [6.07, 6.45) is 68.7. The number of unbranched alkanes of at least 4 members (excludes halogenated alkanes) is 23. The summed E-state index contributed by atoms with van der Waals surface area (Å²) >= 11 is 0. The molecular formula is C59H100O6. The first kappa shape index (κ1) is 61.6. The Hall–Kier alpha value is -3.41. The SMILES string of the molecule is CC/C=C\C/C=C\C/C=C\C/C=C\CCC(=O)OCC(COC(=O)CCCCCCCCCCC/C=C\CCCCCCCC)OC(=O)CCCCCCC/C=C\C/C=C\CCCCC. The van der Waals surface area contributed by atoms with Crippen LogP contribution in [0.1, 0.15) is 252 Å². The van der Waals surface area contributed by atoms with Crippen molar-refractivity contribution in [2.45, 2.75) is 258 Å². The number of esters is 3. The van der Waals surface area contributed by atoms with Crippen LogP contribution in [0.4, 0.5) is 0 Å². The van der Waals surface area contributed by atoms with Gasteiger partial charge in [-0.15, -0.1) is 0 Å². The third-order valence-corrected chi connectivity index (χ3v) is 11.4. The molecule has 6 nitrogen and oxygen atoms in total. The molecule has 0 spiro atoms. The molecule has 0 saturated heterocycles. The zero-order valence-electron chi connectivity index (χ0n) is 42.5. The van der Waals surface area contributed by atoms with Gasteiger partial charge in [0.1, 0.15) is 13.2 Å². The Kier molecular flexibility index (Phi) is 50.4. The first-order valence-electron chi connectivity index (χ1n) is 27.1. The molecule has 0 fully saturated rings. The third-order valence-electron chi connectivity index (χ3n) is 11.4. The second-order valence-electron chi connectivity index (χ2n) is 17.7. The Morgan fingerprint density at radius 3 is 1.08 bits per heavy atom. The molecule has 0 bridgehead atoms. The monoisotopic (exact) mass is 905 g/mol. The molecule has 0 aliphatic carbocycles. The van der Waals surface area contributed by atoms with Crippen LogP contribution in [0.25, 0.3) is 0 Å². The summed E-state index contributed by atoms with van der Waals surface area (Å²) in [6.45, 7) is 6.42. The van der Waals surface area contributed by atoms with E-state index >= 15 is 0 Å². The lowest BCUT2D eigenvalue weighted by atomic mass is 10.1. The number of allylic oxidation sites excluding steroid dienone is 14. The molecule has 0 saturated carbocycles. The van der Waals surface area contributed by atoms with Crippen LogP contribution in [0.2, 0.25) is 0 Å². The smallest absolute Gasteiger partial charge is 0.306 e. The molecule has 0 aromatic heterocycles. The highest BCUT2D eigenvalue weighted by Crippen LogP contribution is 2.14. The molecule has 0 aliphatic heterocycles. The summed E-state index contributed by atoms with van der Waals surface area (Å²) in [5.41, 5.74) is 0. The van der Waals surface area contributed by atoms with Crippen LogP contribution in [0.15, 0.2) is 85.1 Å². The highest BCUT2D eigenvalue weighted by molar-refractivity contribution is 5.71. The van der Waals surface area contributed by atoms with E-state index in [1.54, 1.807) is 0 Å². The average Bonchev–Trinajstić information content (AvgIpc) is 3.30. The van der Waals surface area contributed by atoms with Gasteiger partial charge in [-0.3, -0.25) is 14.4 Å². The van der Waals surface area contributed by atoms with E-state index in [9.17, 15) is 14.4 Å². The molecule has 0 rings (SSSR count). The number of hydrogen-bond acceptors (Lipinski definition) is 6. The van der Waals surface area contributed by atoms with Crippen molar-refractivity contribution in [3.8, 4) is 0 Å². The van der Waals surface area contributed by atoms with E-state index in [4.69, 9.17) is 14.2 Å². The molecule has 372 valence electrons. The Labute approximate surface area is 401 Å². The molecular weight excluding hydrogens is 805 g/mol. The standard InChI is InChI=1S/C59H100O6/c1-4-7-10-13-16-19-22-25-27-28-29-30-32-34-37-40-43-46-49-52-58(61)64-55-56(54-63-57(60)51-48-45-42-39-36-33-24-21-18-15-12-9-6-3)65-59(62)53-50-47-44-41-38-35-31-26-23-20-17-14-11-8-5-2/h9,12,17-18,20-21,25-27,31,33,36,42,45,56H,4-8,10-11,13-16,19,22-24,28-30,32,34-35,37-41,43-44,46-55H2,1-3H3/b12-9-,20-17-,21-18-,27-25-,31-26-,36-33-,45-42-. The van der Waals surface area contributed by atoms with Gasteiger partial charge < -0.3 is 14.2 Å². The van der Waals surface area contributed by atoms with Crippen LogP contribution in [-0.2, 0) is 28.6 Å². The van der Waals surface area contributed by atoms with Crippen LogP contribution >= 0.6 is 0 Å². The Balaban J connectivity index is 4.44. The molecule has 0 heterocycles. The summed E-state index contributed by atoms with van der Waals surface area (Å²) in [7, 11) is 0. The van der Waals surface area contributed by atoms with Crippen LogP contribution in [0, 0.1) is 0 Å². The Morgan fingerprint density at radius 1 is 0.323 bits per heavy atom. The summed E-state index contributed by atoms with van der Waals surface area (Å²) in [5, 5.41) is 0. The van der Waals surface area contributed by atoms with E-state index in [-0.39, 0.29) is 37.5 Å². The van der Waals surface area contributed by atoms with Crippen molar-refractivity contribution in [3.63, 3.8) is 0 Å². The molecule has 0 N–H and O–H groups in total. The molecule has 0 amide bonds. The first-order chi connectivity index (χ1) is 32.0. The van der Waals surface area contributed by atoms with Gasteiger partial charge in [0.05, 0.1) is 0 Å². The van der Waals surface area contributed by atoms with Gasteiger partial charge in [-0.05, 0) is 103 Å². The number of hydrogen-bond donors (Lipinski definition) is 0. The van der Waals surface area contributed by atoms with Gasteiger partial charge in [0.2, 0.25) is 0 Å².